The first-order valence-corrected chi connectivity index (χ1v) is 8.06. The van der Waals surface area contributed by atoms with Gasteiger partial charge in [0.15, 0.2) is 0 Å². The third-order valence-corrected chi connectivity index (χ3v) is 3.81. The van der Waals surface area contributed by atoms with Gasteiger partial charge in [-0.25, -0.2) is 4.79 Å². The van der Waals surface area contributed by atoms with Crippen LogP contribution in [0.3, 0.4) is 0 Å². The Morgan fingerprint density at radius 1 is 1.04 bits per heavy atom. The van der Waals surface area contributed by atoms with Gasteiger partial charge in [-0.3, -0.25) is 0 Å². The summed E-state index contributed by atoms with van der Waals surface area (Å²) in [4.78, 5) is 14.1. The fourth-order valence-corrected chi connectivity index (χ4v) is 2.35. The Kier molecular flexibility index (Phi) is 6.51. The van der Waals surface area contributed by atoms with Gasteiger partial charge in [0.25, 0.3) is 0 Å². The van der Waals surface area contributed by atoms with Gasteiger partial charge in [-0.05, 0) is 36.2 Å². The van der Waals surface area contributed by atoms with Gasteiger partial charge in [-0.2, -0.15) is 0 Å². The van der Waals surface area contributed by atoms with Crippen molar-refractivity contribution in [1.29, 1.82) is 0 Å². The second-order valence-electron chi connectivity index (χ2n) is 5.76. The molecule has 0 unspecified atom stereocenters. The lowest BCUT2D eigenvalue weighted by atomic mass is 10.1. The molecule has 0 fully saturated rings. The van der Waals surface area contributed by atoms with Crippen LogP contribution < -0.4 is 25.0 Å². The maximum Gasteiger partial charge on any atom is 0.319 e. The summed E-state index contributed by atoms with van der Waals surface area (Å²) in [6.45, 7) is 0.547. The molecule has 0 spiro atoms. The quantitative estimate of drug-likeness (QED) is 0.811. The molecule has 2 rings (SSSR count). The molecule has 6 heteroatoms. The van der Waals surface area contributed by atoms with Crippen LogP contribution in [0, 0.1) is 0 Å². The summed E-state index contributed by atoms with van der Waals surface area (Å²) in [6, 6.07) is 13.2. The number of hydrogen-bond acceptors (Lipinski definition) is 4. The minimum Gasteiger partial charge on any atom is -0.497 e. The average Bonchev–Trinajstić information content (AvgIpc) is 2.62. The predicted octanol–water partition coefficient (Wildman–Crippen LogP) is 3.13. The SMILES string of the molecule is COc1ccc(NC(=O)NCCc2ccc(N(C)C)cc2)c(OC)c1. The summed E-state index contributed by atoms with van der Waals surface area (Å²) in [7, 11) is 7.15. The topological polar surface area (TPSA) is 62.8 Å². The number of rotatable bonds is 7. The third kappa shape index (κ3) is 5.31. The van der Waals surface area contributed by atoms with Crippen molar-refractivity contribution in [2.24, 2.45) is 0 Å². The van der Waals surface area contributed by atoms with Gasteiger partial charge in [0.2, 0.25) is 0 Å². The maximum atomic E-state index is 12.1. The fourth-order valence-electron chi connectivity index (χ4n) is 2.35. The number of anilines is 2. The minimum absolute atomic E-state index is 0.270. The van der Waals surface area contributed by atoms with Crippen LogP contribution in [-0.2, 0) is 6.42 Å². The highest BCUT2D eigenvalue weighted by Crippen LogP contribution is 2.28. The van der Waals surface area contributed by atoms with Crippen LogP contribution in [0.25, 0.3) is 0 Å². The van der Waals surface area contributed by atoms with Crippen molar-refractivity contribution >= 4 is 17.4 Å². The van der Waals surface area contributed by atoms with Gasteiger partial charge < -0.3 is 25.0 Å². The highest BCUT2D eigenvalue weighted by atomic mass is 16.5. The van der Waals surface area contributed by atoms with Gasteiger partial charge in [0.05, 0.1) is 19.9 Å². The van der Waals surface area contributed by atoms with Crippen molar-refractivity contribution in [2.75, 3.05) is 45.1 Å². The second-order valence-corrected chi connectivity index (χ2v) is 5.76. The molecular weight excluding hydrogens is 318 g/mol. The lowest BCUT2D eigenvalue weighted by Crippen LogP contribution is -2.30. The van der Waals surface area contributed by atoms with Gasteiger partial charge in [0.1, 0.15) is 11.5 Å². The molecule has 0 saturated carbocycles. The van der Waals surface area contributed by atoms with E-state index >= 15 is 0 Å². The molecule has 2 amide bonds. The summed E-state index contributed by atoms with van der Waals surface area (Å²) in [5.41, 5.74) is 2.92. The smallest absolute Gasteiger partial charge is 0.319 e. The predicted molar refractivity (Wildman–Crippen MR) is 101 cm³/mol. The first kappa shape index (κ1) is 18.4. The number of carbonyl (C=O) groups is 1. The van der Waals surface area contributed by atoms with Crippen LogP contribution in [0.1, 0.15) is 5.56 Å². The number of hydrogen-bond donors (Lipinski definition) is 2. The molecule has 0 aliphatic carbocycles. The van der Waals surface area contributed by atoms with E-state index in [4.69, 9.17) is 9.47 Å². The zero-order chi connectivity index (χ0) is 18.2. The number of carbonyl (C=O) groups excluding carboxylic acids is 1. The standard InChI is InChI=1S/C19H25N3O3/c1-22(2)15-7-5-14(6-8-15)11-12-20-19(23)21-17-10-9-16(24-3)13-18(17)25-4/h5-10,13H,11-12H2,1-4H3,(H2,20,21,23). The highest BCUT2D eigenvalue weighted by Gasteiger charge is 2.08. The monoisotopic (exact) mass is 343 g/mol. The Bertz CT molecular complexity index is 700. The molecule has 25 heavy (non-hydrogen) atoms. The number of amides is 2. The zero-order valence-corrected chi connectivity index (χ0v) is 15.1. The molecule has 6 nitrogen and oxygen atoms in total. The van der Waals surface area contributed by atoms with Crippen molar-refractivity contribution in [2.45, 2.75) is 6.42 Å². The number of urea groups is 1. The van der Waals surface area contributed by atoms with Crippen LogP contribution in [0.15, 0.2) is 42.5 Å². The number of benzene rings is 2. The summed E-state index contributed by atoms with van der Waals surface area (Å²) in [5, 5.41) is 5.64. The van der Waals surface area contributed by atoms with Crippen molar-refractivity contribution < 1.29 is 14.3 Å². The van der Waals surface area contributed by atoms with Crippen LogP contribution in [0.2, 0.25) is 0 Å². The summed E-state index contributed by atoms with van der Waals surface area (Å²) in [5.74, 6) is 1.22. The van der Waals surface area contributed by atoms with Crippen LogP contribution in [-0.4, -0.2) is 40.9 Å². The van der Waals surface area contributed by atoms with E-state index in [2.05, 4.69) is 39.8 Å². The molecule has 0 saturated heterocycles. The summed E-state index contributed by atoms with van der Waals surface area (Å²) in [6.07, 6.45) is 0.765. The molecule has 0 aliphatic heterocycles. The number of nitrogens with zero attached hydrogens (tertiary/aromatic N) is 1. The van der Waals surface area contributed by atoms with E-state index in [0.717, 1.165) is 12.1 Å². The fraction of sp³-hybridized carbons (Fsp3) is 0.316. The average molecular weight is 343 g/mol. The van der Waals surface area contributed by atoms with E-state index < -0.39 is 0 Å². The number of ether oxygens (including phenoxy) is 2. The zero-order valence-electron chi connectivity index (χ0n) is 15.1. The molecule has 0 bridgehead atoms. The largest absolute Gasteiger partial charge is 0.497 e. The van der Waals surface area contributed by atoms with E-state index in [9.17, 15) is 4.79 Å². The number of methoxy groups -OCH3 is 2. The van der Waals surface area contributed by atoms with Crippen LogP contribution in [0.5, 0.6) is 11.5 Å². The lowest BCUT2D eigenvalue weighted by molar-refractivity contribution is 0.252. The van der Waals surface area contributed by atoms with E-state index in [-0.39, 0.29) is 6.03 Å². The van der Waals surface area contributed by atoms with E-state index in [0.29, 0.717) is 23.7 Å². The molecular formula is C19H25N3O3. The van der Waals surface area contributed by atoms with Gasteiger partial charge in [0, 0.05) is 32.4 Å². The van der Waals surface area contributed by atoms with Crippen molar-refractivity contribution in [3.05, 3.63) is 48.0 Å². The Hall–Kier alpha value is -2.89. The van der Waals surface area contributed by atoms with Gasteiger partial charge in [-0.15, -0.1) is 0 Å². The molecule has 2 aromatic rings. The number of nitrogens with one attached hydrogen (secondary N) is 2. The first-order valence-electron chi connectivity index (χ1n) is 8.06. The Morgan fingerprint density at radius 3 is 2.36 bits per heavy atom. The second kappa shape index (κ2) is 8.82. The first-order chi connectivity index (χ1) is 12.0. The van der Waals surface area contributed by atoms with E-state index in [1.54, 1.807) is 32.4 Å². The van der Waals surface area contributed by atoms with E-state index in [1.165, 1.54) is 5.56 Å². The molecule has 0 aromatic heterocycles. The van der Waals surface area contributed by atoms with Crippen molar-refractivity contribution in [3.63, 3.8) is 0 Å². The third-order valence-electron chi connectivity index (χ3n) is 3.81. The Morgan fingerprint density at radius 2 is 1.76 bits per heavy atom. The minimum atomic E-state index is -0.270. The highest BCUT2D eigenvalue weighted by molar-refractivity contribution is 5.91. The maximum absolute atomic E-state index is 12.1. The summed E-state index contributed by atoms with van der Waals surface area (Å²) >= 11 is 0. The van der Waals surface area contributed by atoms with Gasteiger partial charge in [-0.1, -0.05) is 12.1 Å². The molecule has 0 radical (unpaired) electrons. The normalized spacial score (nSPS) is 10.1. The van der Waals surface area contributed by atoms with Crippen LogP contribution >= 0.6 is 0 Å². The summed E-state index contributed by atoms with van der Waals surface area (Å²) < 4.78 is 10.4. The van der Waals surface area contributed by atoms with E-state index in [1.807, 2.05) is 14.1 Å². The van der Waals surface area contributed by atoms with Crippen LogP contribution in [0.4, 0.5) is 16.2 Å². The molecule has 0 heterocycles. The molecule has 2 aromatic carbocycles. The molecule has 0 atom stereocenters. The van der Waals surface area contributed by atoms with Gasteiger partial charge >= 0.3 is 6.03 Å². The molecule has 134 valence electrons. The van der Waals surface area contributed by atoms with Crippen molar-refractivity contribution in [1.82, 2.24) is 5.32 Å². The molecule has 2 N–H and O–H groups in total. The Balaban J connectivity index is 1.84. The molecule has 0 aliphatic rings. The lowest BCUT2D eigenvalue weighted by Gasteiger charge is -2.13. The van der Waals surface area contributed by atoms with Crippen molar-refractivity contribution in [3.8, 4) is 11.5 Å². The Labute approximate surface area is 148 Å².